The molecule has 0 radical (unpaired) electrons. The van der Waals surface area contributed by atoms with Crippen LogP contribution in [0.1, 0.15) is 24.5 Å². The van der Waals surface area contributed by atoms with Gasteiger partial charge in [0.2, 0.25) is 0 Å². The fourth-order valence-corrected chi connectivity index (χ4v) is 3.37. The zero-order valence-corrected chi connectivity index (χ0v) is 13.3. The summed E-state index contributed by atoms with van der Waals surface area (Å²) in [4.78, 5) is 0. The molecule has 0 spiro atoms. The Hall–Kier alpha value is -1.59. The quantitative estimate of drug-likeness (QED) is 0.848. The van der Waals surface area contributed by atoms with E-state index < -0.39 is 11.4 Å². The molecule has 1 aliphatic rings. The summed E-state index contributed by atoms with van der Waals surface area (Å²) in [7, 11) is 1.82. The number of benzene rings is 2. The number of ether oxygens (including phenoxy) is 1. The minimum atomic E-state index is -0.605. The van der Waals surface area contributed by atoms with Crippen LogP contribution < -0.4 is 10.1 Å². The predicted octanol–water partition coefficient (Wildman–Crippen LogP) is 4.27. The molecule has 1 unspecified atom stereocenters. The first kappa shape index (κ1) is 14.4. The molecule has 0 saturated carbocycles. The van der Waals surface area contributed by atoms with E-state index in [2.05, 4.69) is 21.2 Å². The molecule has 0 saturated heterocycles. The summed E-state index contributed by atoms with van der Waals surface area (Å²) in [5.74, 6) is 0.110. The molecule has 0 aromatic heterocycles. The van der Waals surface area contributed by atoms with Crippen LogP contribution in [0.2, 0.25) is 0 Å². The highest BCUT2D eigenvalue weighted by molar-refractivity contribution is 9.10. The number of phenolic OH excluding ortho intramolecular Hbond substituents is 1. The minimum absolute atomic E-state index is 0.110. The Kier molecular flexibility index (Phi) is 3.42. The highest BCUT2D eigenvalue weighted by Crippen LogP contribution is 2.50. The van der Waals surface area contributed by atoms with Crippen molar-refractivity contribution in [2.75, 3.05) is 7.05 Å². The van der Waals surface area contributed by atoms with Crippen LogP contribution in [0.15, 0.2) is 34.8 Å². The molecule has 2 aromatic carbocycles. The summed E-state index contributed by atoms with van der Waals surface area (Å²) >= 11 is 3.46. The zero-order valence-electron chi connectivity index (χ0n) is 11.7. The minimum Gasteiger partial charge on any atom is -0.508 e. The van der Waals surface area contributed by atoms with Crippen LogP contribution in [0.3, 0.4) is 0 Å². The maximum absolute atomic E-state index is 14.2. The van der Waals surface area contributed by atoms with Crippen LogP contribution in [0, 0.1) is 5.82 Å². The molecular weight excluding hydrogens is 337 g/mol. The fourth-order valence-electron chi connectivity index (χ4n) is 3.01. The smallest absolute Gasteiger partial charge is 0.169 e. The van der Waals surface area contributed by atoms with Gasteiger partial charge in [-0.2, -0.15) is 0 Å². The molecule has 0 bridgehead atoms. The van der Waals surface area contributed by atoms with Gasteiger partial charge in [0.1, 0.15) is 11.5 Å². The largest absolute Gasteiger partial charge is 0.508 e. The van der Waals surface area contributed by atoms with Gasteiger partial charge in [-0.25, -0.2) is 4.39 Å². The molecule has 0 amide bonds. The van der Waals surface area contributed by atoms with E-state index in [0.29, 0.717) is 17.7 Å². The van der Waals surface area contributed by atoms with Crippen molar-refractivity contribution >= 4 is 15.9 Å². The topological polar surface area (TPSA) is 41.5 Å². The lowest BCUT2D eigenvalue weighted by atomic mass is 9.78. The summed E-state index contributed by atoms with van der Waals surface area (Å²) < 4.78 is 20.8. The van der Waals surface area contributed by atoms with Gasteiger partial charge in [-0.3, -0.25) is 0 Å². The van der Waals surface area contributed by atoms with Crippen molar-refractivity contribution in [1.82, 2.24) is 5.32 Å². The third-order valence-corrected chi connectivity index (χ3v) is 4.55. The molecule has 110 valence electrons. The Labute approximate surface area is 130 Å². The van der Waals surface area contributed by atoms with Gasteiger partial charge in [0, 0.05) is 21.7 Å². The van der Waals surface area contributed by atoms with Gasteiger partial charge in [0.15, 0.2) is 11.6 Å². The van der Waals surface area contributed by atoms with Gasteiger partial charge < -0.3 is 15.2 Å². The van der Waals surface area contributed by atoms with Gasteiger partial charge >= 0.3 is 0 Å². The Morgan fingerprint density at radius 1 is 1.29 bits per heavy atom. The van der Waals surface area contributed by atoms with Crippen molar-refractivity contribution in [2.45, 2.75) is 18.9 Å². The summed E-state index contributed by atoms with van der Waals surface area (Å²) in [6.07, 6.45) is 0.687. The van der Waals surface area contributed by atoms with Crippen molar-refractivity contribution in [2.24, 2.45) is 0 Å². The molecule has 3 rings (SSSR count). The molecule has 0 aliphatic carbocycles. The second kappa shape index (κ2) is 5.00. The molecule has 2 aromatic rings. The van der Waals surface area contributed by atoms with Crippen LogP contribution in [-0.2, 0) is 5.54 Å². The van der Waals surface area contributed by atoms with E-state index in [9.17, 15) is 9.50 Å². The van der Waals surface area contributed by atoms with Crippen LogP contribution in [-0.4, -0.2) is 12.2 Å². The first-order valence-electron chi connectivity index (χ1n) is 6.71. The Bertz CT molecular complexity index is 714. The summed E-state index contributed by atoms with van der Waals surface area (Å²) in [5.41, 5.74) is 0.918. The Morgan fingerprint density at radius 2 is 2.05 bits per heavy atom. The molecule has 21 heavy (non-hydrogen) atoms. The molecule has 1 aliphatic heterocycles. The van der Waals surface area contributed by atoms with E-state index in [1.54, 1.807) is 6.07 Å². The molecule has 1 atom stereocenters. The molecule has 5 heteroatoms. The third kappa shape index (κ3) is 2.03. The maximum atomic E-state index is 14.2. The number of halogens is 2. The average Bonchev–Trinajstić information content (AvgIpc) is 2.46. The Balaban J connectivity index is 2.36. The SMILES string of the molecule is CCC1(NC)c2cc(Br)ccc2Oc2c(F)cc(O)cc21. The molecule has 1 heterocycles. The van der Waals surface area contributed by atoms with E-state index in [0.717, 1.165) is 16.1 Å². The number of nitrogens with one attached hydrogen (secondary N) is 1. The first-order valence-corrected chi connectivity index (χ1v) is 7.51. The van der Waals surface area contributed by atoms with Crippen LogP contribution in [0.25, 0.3) is 0 Å². The normalized spacial score (nSPS) is 19.6. The van der Waals surface area contributed by atoms with Crippen LogP contribution >= 0.6 is 15.9 Å². The number of aromatic hydroxyl groups is 1. The number of rotatable bonds is 2. The van der Waals surface area contributed by atoms with Gasteiger partial charge in [-0.05, 0) is 37.7 Å². The number of fused-ring (bicyclic) bond motifs is 2. The number of hydrogen-bond acceptors (Lipinski definition) is 3. The number of hydrogen-bond donors (Lipinski definition) is 2. The second-order valence-corrected chi connectivity index (χ2v) is 5.97. The fraction of sp³-hybridized carbons (Fsp3) is 0.250. The van der Waals surface area contributed by atoms with E-state index >= 15 is 0 Å². The van der Waals surface area contributed by atoms with E-state index in [1.807, 2.05) is 32.2 Å². The lowest BCUT2D eigenvalue weighted by Crippen LogP contribution is -2.43. The summed E-state index contributed by atoms with van der Waals surface area (Å²) in [5, 5.41) is 13.0. The highest BCUT2D eigenvalue weighted by Gasteiger charge is 2.41. The van der Waals surface area contributed by atoms with Gasteiger partial charge in [-0.15, -0.1) is 0 Å². The van der Waals surface area contributed by atoms with Gasteiger partial charge in [0.05, 0.1) is 5.54 Å². The third-order valence-electron chi connectivity index (χ3n) is 4.06. The van der Waals surface area contributed by atoms with E-state index in [-0.39, 0.29) is 11.5 Å². The van der Waals surface area contributed by atoms with Crippen LogP contribution in [0.5, 0.6) is 17.2 Å². The molecule has 2 N–H and O–H groups in total. The van der Waals surface area contributed by atoms with Crippen molar-refractivity contribution in [3.05, 3.63) is 51.7 Å². The summed E-state index contributed by atoms with van der Waals surface area (Å²) in [6.45, 7) is 2.01. The lowest BCUT2D eigenvalue weighted by Gasteiger charge is -2.39. The van der Waals surface area contributed by atoms with E-state index in [1.165, 1.54) is 0 Å². The predicted molar refractivity (Wildman–Crippen MR) is 82.4 cm³/mol. The molecule has 0 fully saturated rings. The van der Waals surface area contributed by atoms with Crippen molar-refractivity contribution in [3.8, 4) is 17.2 Å². The van der Waals surface area contributed by atoms with Crippen molar-refractivity contribution in [1.29, 1.82) is 0 Å². The monoisotopic (exact) mass is 351 g/mol. The molecule has 3 nitrogen and oxygen atoms in total. The second-order valence-electron chi connectivity index (χ2n) is 5.06. The maximum Gasteiger partial charge on any atom is 0.169 e. The standard InChI is InChI=1S/C16H15BrFNO2/c1-3-16(19-2)11-6-9(17)4-5-14(11)21-15-12(16)7-10(20)8-13(15)18/h4-8,19-20H,3H2,1-2H3. The zero-order chi connectivity index (χ0) is 15.2. The van der Waals surface area contributed by atoms with Crippen LogP contribution in [0.4, 0.5) is 4.39 Å². The molecular formula is C16H15BrFNO2. The average molecular weight is 352 g/mol. The highest BCUT2D eigenvalue weighted by atomic mass is 79.9. The van der Waals surface area contributed by atoms with Gasteiger partial charge in [0.25, 0.3) is 0 Å². The van der Waals surface area contributed by atoms with Gasteiger partial charge in [-0.1, -0.05) is 22.9 Å². The summed E-state index contributed by atoms with van der Waals surface area (Å²) in [6, 6.07) is 8.26. The van der Waals surface area contributed by atoms with E-state index in [4.69, 9.17) is 4.74 Å². The first-order chi connectivity index (χ1) is 10.0. The van der Waals surface area contributed by atoms with Crippen molar-refractivity contribution in [3.63, 3.8) is 0 Å². The van der Waals surface area contributed by atoms with Crippen molar-refractivity contribution < 1.29 is 14.2 Å². The Morgan fingerprint density at radius 3 is 2.71 bits per heavy atom. The lowest BCUT2D eigenvalue weighted by molar-refractivity contribution is 0.330. The number of phenols is 1.